The Balaban J connectivity index is 1.93. The minimum absolute atomic E-state index is 0.0461. The second-order valence-electron chi connectivity index (χ2n) is 5.57. The molecule has 0 saturated carbocycles. The average molecular weight is 328 g/mol. The lowest BCUT2D eigenvalue weighted by atomic mass is 10.1. The van der Waals surface area contributed by atoms with Gasteiger partial charge >= 0.3 is 12.2 Å². The lowest BCUT2D eigenvalue weighted by molar-refractivity contribution is -0.152. The van der Waals surface area contributed by atoms with E-state index in [-0.39, 0.29) is 25.0 Å². The highest BCUT2D eigenvalue weighted by Gasteiger charge is 2.40. The Kier molecular flexibility index (Phi) is 5.65. The minimum atomic E-state index is -4.54. The molecule has 1 aromatic rings. The van der Waals surface area contributed by atoms with Crippen LogP contribution in [-0.4, -0.2) is 36.0 Å². The molecule has 7 heteroatoms. The summed E-state index contributed by atoms with van der Waals surface area (Å²) in [7, 11) is 0. The maximum absolute atomic E-state index is 13.1. The Labute approximate surface area is 132 Å². The monoisotopic (exact) mass is 328 g/mol. The van der Waals surface area contributed by atoms with Crippen LogP contribution in [0.2, 0.25) is 0 Å². The van der Waals surface area contributed by atoms with Crippen LogP contribution in [0.1, 0.15) is 12.0 Å². The first kappa shape index (κ1) is 17.3. The number of carbonyl (C=O) groups is 1. The standard InChI is InChI=1S/C16H19F3N2O2/c17-16(18,19)14(9-11-4-2-1-3-5-11)21-15(23)20-13-7-6-12(8-13)10-22/h1-7,12-14,22H,8-10H2,(H2,20,21,23)/t12-,13+,14-/m0/s1. The highest BCUT2D eigenvalue weighted by molar-refractivity contribution is 5.75. The predicted molar refractivity (Wildman–Crippen MR) is 79.8 cm³/mol. The van der Waals surface area contributed by atoms with Gasteiger partial charge in [0.2, 0.25) is 0 Å². The number of nitrogens with one attached hydrogen (secondary N) is 2. The van der Waals surface area contributed by atoms with Gasteiger partial charge in [-0.15, -0.1) is 0 Å². The van der Waals surface area contributed by atoms with Gasteiger partial charge in [-0.2, -0.15) is 13.2 Å². The molecule has 0 spiro atoms. The fourth-order valence-electron chi connectivity index (χ4n) is 2.48. The van der Waals surface area contributed by atoms with Gasteiger partial charge in [-0.3, -0.25) is 0 Å². The molecule has 1 aliphatic carbocycles. The van der Waals surface area contributed by atoms with Crippen molar-refractivity contribution in [2.75, 3.05) is 6.61 Å². The number of hydrogen-bond donors (Lipinski definition) is 3. The van der Waals surface area contributed by atoms with E-state index in [4.69, 9.17) is 5.11 Å². The van der Waals surface area contributed by atoms with Gasteiger partial charge in [0.05, 0.1) is 0 Å². The Morgan fingerprint density at radius 3 is 2.52 bits per heavy atom. The van der Waals surface area contributed by atoms with E-state index in [2.05, 4.69) is 5.32 Å². The molecule has 0 radical (unpaired) electrons. The van der Waals surface area contributed by atoms with E-state index in [1.807, 2.05) is 5.32 Å². The van der Waals surface area contributed by atoms with Crippen molar-refractivity contribution < 1.29 is 23.1 Å². The summed E-state index contributed by atoms with van der Waals surface area (Å²) in [6, 6.07) is 5.02. The molecule has 0 unspecified atom stereocenters. The molecular weight excluding hydrogens is 309 g/mol. The van der Waals surface area contributed by atoms with Crippen molar-refractivity contribution in [2.45, 2.75) is 31.1 Å². The van der Waals surface area contributed by atoms with Crippen molar-refractivity contribution in [3.63, 3.8) is 0 Å². The summed E-state index contributed by atoms with van der Waals surface area (Å²) in [5, 5.41) is 13.5. The summed E-state index contributed by atoms with van der Waals surface area (Å²) in [6.07, 6.45) is -0.945. The molecule has 0 fully saturated rings. The van der Waals surface area contributed by atoms with Crippen molar-refractivity contribution in [1.82, 2.24) is 10.6 Å². The molecule has 0 bridgehead atoms. The first-order valence-corrected chi connectivity index (χ1v) is 7.35. The van der Waals surface area contributed by atoms with Gasteiger partial charge in [-0.1, -0.05) is 42.5 Å². The third-order valence-electron chi connectivity index (χ3n) is 3.71. The summed E-state index contributed by atoms with van der Waals surface area (Å²) in [6.45, 7) is -0.0461. The number of rotatable bonds is 5. The normalized spacial score (nSPS) is 21.9. The molecule has 2 rings (SSSR count). The van der Waals surface area contributed by atoms with E-state index in [1.165, 1.54) is 0 Å². The van der Waals surface area contributed by atoms with Crippen LogP contribution in [0.5, 0.6) is 0 Å². The Morgan fingerprint density at radius 2 is 1.96 bits per heavy atom. The van der Waals surface area contributed by atoms with E-state index in [1.54, 1.807) is 42.5 Å². The number of alkyl halides is 3. The van der Waals surface area contributed by atoms with Crippen molar-refractivity contribution in [3.8, 4) is 0 Å². The number of hydrogen-bond acceptors (Lipinski definition) is 2. The van der Waals surface area contributed by atoms with Crippen LogP contribution in [0.15, 0.2) is 42.5 Å². The maximum Gasteiger partial charge on any atom is 0.408 e. The third-order valence-corrected chi connectivity index (χ3v) is 3.71. The maximum atomic E-state index is 13.1. The summed E-state index contributed by atoms with van der Waals surface area (Å²) >= 11 is 0. The first-order valence-electron chi connectivity index (χ1n) is 7.35. The largest absolute Gasteiger partial charge is 0.408 e. The van der Waals surface area contributed by atoms with Gasteiger partial charge in [0.1, 0.15) is 6.04 Å². The molecular formula is C16H19F3N2O2. The number of halogens is 3. The highest BCUT2D eigenvalue weighted by Crippen LogP contribution is 2.23. The molecule has 4 nitrogen and oxygen atoms in total. The predicted octanol–water partition coefficient (Wildman–Crippen LogP) is 2.40. The van der Waals surface area contributed by atoms with Crippen LogP contribution in [0.25, 0.3) is 0 Å². The van der Waals surface area contributed by atoms with E-state index in [9.17, 15) is 18.0 Å². The quantitative estimate of drug-likeness (QED) is 0.727. The van der Waals surface area contributed by atoms with Crippen LogP contribution in [0.4, 0.5) is 18.0 Å². The SMILES string of the molecule is O=C(N[C@@H]1C=C[C@H](CO)C1)N[C@@H](Cc1ccccc1)C(F)(F)F. The summed E-state index contributed by atoms with van der Waals surface area (Å²) < 4.78 is 39.3. The van der Waals surface area contributed by atoms with Gasteiger partial charge in [-0.25, -0.2) is 4.79 Å². The zero-order valence-corrected chi connectivity index (χ0v) is 12.4. The molecule has 126 valence electrons. The topological polar surface area (TPSA) is 61.4 Å². The molecule has 3 atom stereocenters. The fraction of sp³-hybridized carbons (Fsp3) is 0.438. The molecule has 0 aliphatic heterocycles. The number of carbonyl (C=O) groups excluding carboxylic acids is 1. The van der Waals surface area contributed by atoms with Gasteiger partial charge in [-0.05, 0) is 12.0 Å². The number of aliphatic hydroxyl groups is 1. The lowest BCUT2D eigenvalue weighted by Gasteiger charge is -2.23. The molecule has 0 heterocycles. The molecule has 1 aromatic carbocycles. The number of amides is 2. The third kappa shape index (κ3) is 5.28. The molecule has 2 amide bonds. The summed E-state index contributed by atoms with van der Waals surface area (Å²) in [5.41, 5.74) is 0.497. The van der Waals surface area contributed by atoms with Crippen molar-refractivity contribution in [1.29, 1.82) is 0 Å². The average Bonchev–Trinajstić information content (AvgIpc) is 2.94. The second-order valence-corrected chi connectivity index (χ2v) is 5.57. The van der Waals surface area contributed by atoms with E-state index >= 15 is 0 Å². The van der Waals surface area contributed by atoms with Crippen LogP contribution in [0.3, 0.4) is 0 Å². The van der Waals surface area contributed by atoms with Crippen LogP contribution in [-0.2, 0) is 6.42 Å². The van der Waals surface area contributed by atoms with E-state index in [0.717, 1.165) is 0 Å². The molecule has 23 heavy (non-hydrogen) atoms. The van der Waals surface area contributed by atoms with Crippen molar-refractivity contribution in [3.05, 3.63) is 48.0 Å². The van der Waals surface area contributed by atoms with Crippen LogP contribution in [0, 0.1) is 5.92 Å². The van der Waals surface area contributed by atoms with Crippen LogP contribution >= 0.6 is 0 Å². The summed E-state index contributed by atoms with van der Waals surface area (Å²) in [5.74, 6) is -0.0666. The lowest BCUT2D eigenvalue weighted by Crippen LogP contribution is -2.52. The van der Waals surface area contributed by atoms with Gasteiger partial charge in [0.25, 0.3) is 0 Å². The summed E-state index contributed by atoms with van der Waals surface area (Å²) in [4.78, 5) is 11.8. The number of benzene rings is 1. The molecule has 1 aliphatic rings. The highest BCUT2D eigenvalue weighted by atomic mass is 19.4. The number of aliphatic hydroxyl groups excluding tert-OH is 1. The zero-order chi connectivity index (χ0) is 16.9. The van der Waals surface area contributed by atoms with Crippen molar-refractivity contribution in [2.24, 2.45) is 5.92 Å². The van der Waals surface area contributed by atoms with Gasteiger partial charge in [0, 0.05) is 25.0 Å². The zero-order valence-electron chi connectivity index (χ0n) is 12.4. The van der Waals surface area contributed by atoms with E-state index in [0.29, 0.717) is 12.0 Å². The number of urea groups is 1. The molecule has 0 aromatic heterocycles. The Bertz CT molecular complexity index is 546. The minimum Gasteiger partial charge on any atom is -0.396 e. The second kappa shape index (κ2) is 7.50. The van der Waals surface area contributed by atoms with E-state index < -0.39 is 18.2 Å². The fourth-order valence-corrected chi connectivity index (χ4v) is 2.48. The van der Waals surface area contributed by atoms with Crippen molar-refractivity contribution >= 4 is 6.03 Å². The van der Waals surface area contributed by atoms with Gasteiger partial charge in [0.15, 0.2) is 0 Å². The molecule has 0 saturated heterocycles. The van der Waals surface area contributed by atoms with Gasteiger partial charge < -0.3 is 15.7 Å². The smallest absolute Gasteiger partial charge is 0.396 e. The van der Waals surface area contributed by atoms with Crippen LogP contribution < -0.4 is 10.6 Å². The Hall–Kier alpha value is -2.02. The Morgan fingerprint density at radius 1 is 1.26 bits per heavy atom. The first-order chi connectivity index (χ1) is 10.9. The molecule has 3 N–H and O–H groups in total.